The van der Waals surface area contributed by atoms with Crippen LogP contribution < -0.4 is 4.90 Å². The van der Waals surface area contributed by atoms with E-state index in [4.69, 9.17) is 11.6 Å². The number of amides is 1. The van der Waals surface area contributed by atoms with E-state index in [1.54, 1.807) is 0 Å². The largest absolute Gasteiger partial charge is 0.312 e. The second-order valence-corrected chi connectivity index (χ2v) is 6.34. The Bertz CT molecular complexity index is 450. The van der Waals surface area contributed by atoms with Gasteiger partial charge in [-0.1, -0.05) is 32.9 Å². The number of anilines is 1. The average molecular weight is 266 g/mol. The lowest BCUT2D eigenvalue weighted by atomic mass is 9.87. The third-order valence-electron chi connectivity index (χ3n) is 3.45. The number of hydrogen-bond acceptors (Lipinski definition) is 1. The summed E-state index contributed by atoms with van der Waals surface area (Å²) in [7, 11) is 0. The molecule has 1 unspecified atom stereocenters. The molecule has 0 aromatic heterocycles. The maximum Gasteiger partial charge on any atom is 0.227 e. The summed E-state index contributed by atoms with van der Waals surface area (Å²) in [4.78, 5) is 13.8. The van der Waals surface area contributed by atoms with Gasteiger partial charge in [-0.05, 0) is 29.0 Å². The van der Waals surface area contributed by atoms with Crippen molar-refractivity contribution in [3.05, 3.63) is 29.8 Å². The molecule has 3 heteroatoms. The summed E-state index contributed by atoms with van der Waals surface area (Å²) in [6, 6.07) is 8.26. The van der Waals surface area contributed by atoms with Crippen LogP contribution in [0.2, 0.25) is 0 Å². The predicted molar refractivity (Wildman–Crippen MR) is 76.3 cm³/mol. The molecule has 0 radical (unpaired) electrons. The van der Waals surface area contributed by atoms with Gasteiger partial charge in [0.2, 0.25) is 5.91 Å². The van der Waals surface area contributed by atoms with Gasteiger partial charge >= 0.3 is 0 Å². The highest BCUT2D eigenvalue weighted by molar-refractivity contribution is 6.18. The van der Waals surface area contributed by atoms with E-state index in [1.807, 2.05) is 17.0 Å². The molecule has 0 saturated carbocycles. The van der Waals surface area contributed by atoms with Gasteiger partial charge in [-0.25, -0.2) is 0 Å². The maximum atomic E-state index is 12.0. The molecule has 2 nitrogen and oxygen atoms in total. The van der Waals surface area contributed by atoms with Crippen molar-refractivity contribution in [2.45, 2.75) is 32.6 Å². The summed E-state index contributed by atoms with van der Waals surface area (Å²) in [6.07, 6.45) is 0.573. The fourth-order valence-electron chi connectivity index (χ4n) is 2.27. The van der Waals surface area contributed by atoms with E-state index in [-0.39, 0.29) is 17.2 Å². The van der Waals surface area contributed by atoms with Crippen LogP contribution in [0.25, 0.3) is 0 Å². The van der Waals surface area contributed by atoms with Crippen molar-refractivity contribution in [3.8, 4) is 0 Å². The van der Waals surface area contributed by atoms with Crippen LogP contribution in [0.3, 0.4) is 0 Å². The van der Waals surface area contributed by atoms with Crippen LogP contribution in [-0.4, -0.2) is 18.3 Å². The summed E-state index contributed by atoms with van der Waals surface area (Å²) in [6.45, 7) is 7.29. The van der Waals surface area contributed by atoms with E-state index >= 15 is 0 Å². The number of nitrogens with zero attached hydrogens (tertiary/aromatic N) is 1. The quantitative estimate of drug-likeness (QED) is 0.749. The second kappa shape index (κ2) is 4.93. The number of benzene rings is 1. The standard InChI is InChI=1S/C15H20ClNO/c1-15(2,3)12-5-4-6-13(8-12)17-10-11(9-16)7-14(17)18/h4-6,8,11H,7,9-10H2,1-3H3. The first kappa shape index (κ1) is 13.4. The Hall–Kier alpha value is -1.02. The van der Waals surface area contributed by atoms with Crippen molar-refractivity contribution in [1.82, 2.24) is 0 Å². The fraction of sp³-hybridized carbons (Fsp3) is 0.533. The smallest absolute Gasteiger partial charge is 0.227 e. The molecule has 1 aliphatic rings. The SMILES string of the molecule is CC(C)(C)c1cccc(N2CC(CCl)CC2=O)c1. The summed E-state index contributed by atoms with van der Waals surface area (Å²) in [5, 5.41) is 0. The van der Waals surface area contributed by atoms with Crippen LogP contribution in [0.1, 0.15) is 32.8 Å². The summed E-state index contributed by atoms with van der Waals surface area (Å²) >= 11 is 5.85. The van der Waals surface area contributed by atoms with Crippen molar-refractivity contribution < 1.29 is 4.79 Å². The van der Waals surface area contributed by atoms with Crippen molar-refractivity contribution in [3.63, 3.8) is 0 Å². The molecule has 0 aliphatic carbocycles. The Morgan fingerprint density at radius 3 is 2.67 bits per heavy atom. The van der Waals surface area contributed by atoms with Crippen LogP contribution in [-0.2, 0) is 10.2 Å². The lowest BCUT2D eigenvalue weighted by Gasteiger charge is -2.23. The van der Waals surface area contributed by atoms with Gasteiger partial charge in [0.05, 0.1) is 0 Å². The molecule has 0 N–H and O–H groups in total. The van der Waals surface area contributed by atoms with E-state index in [1.165, 1.54) is 5.56 Å². The first-order chi connectivity index (χ1) is 8.41. The second-order valence-electron chi connectivity index (χ2n) is 6.03. The molecule has 1 amide bonds. The van der Waals surface area contributed by atoms with Gasteiger partial charge in [0.15, 0.2) is 0 Å². The Morgan fingerprint density at radius 1 is 1.39 bits per heavy atom. The highest BCUT2D eigenvalue weighted by atomic mass is 35.5. The Kier molecular flexibility index (Phi) is 3.67. The van der Waals surface area contributed by atoms with Crippen LogP contribution in [0, 0.1) is 5.92 Å². The number of carbonyl (C=O) groups excluding carboxylic acids is 1. The number of alkyl halides is 1. The molecule has 1 atom stereocenters. The van der Waals surface area contributed by atoms with Crippen LogP contribution in [0.4, 0.5) is 5.69 Å². The summed E-state index contributed by atoms with van der Waals surface area (Å²) in [5.74, 6) is 1.03. The van der Waals surface area contributed by atoms with E-state index in [0.717, 1.165) is 12.2 Å². The van der Waals surface area contributed by atoms with Gasteiger partial charge < -0.3 is 4.90 Å². The van der Waals surface area contributed by atoms with Crippen molar-refractivity contribution in [2.75, 3.05) is 17.3 Å². The van der Waals surface area contributed by atoms with Gasteiger partial charge in [-0.15, -0.1) is 11.6 Å². The fourth-order valence-corrected chi connectivity index (χ4v) is 2.48. The molecule has 98 valence electrons. The molecule has 1 heterocycles. The van der Waals surface area contributed by atoms with Crippen molar-refractivity contribution >= 4 is 23.2 Å². The first-order valence-corrected chi connectivity index (χ1v) is 6.92. The van der Waals surface area contributed by atoms with Crippen molar-refractivity contribution in [2.24, 2.45) is 5.92 Å². The zero-order valence-electron chi connectivity index (χ0n) is 11.2. The van der Waals surface area contributed by atoms with E-state index in [0.29, 0.717) is 12.3 Å². The van der Waals surface area contributed by atoms with Crippen LogP contribution in [0.15, 0.2) is 24.3 Å². The summed E-state index contributed by atoms with van der Waals surface area (Å²) in [5.41, 5.74) is 2.35. The number of rotatable bonds is 2. The molecular weight excluding hydrogens is 246 g/mol. The van der Waals surface area contributed by atoms with Gasteiger partial charge in [0.25, 0.3) is 0 Å². The Labute approximate surface area is 114 Å². The Morgan fingerprint density at radius 2 is 2.11 bits per heavy atom. The maximum absolute atomic E-state index is 12.0. The normalized spacial score (nSPS) is 20.6. The van der Waals surface area contributed by atoms with Gasteiger partial charge in [0, 0.05) is 24.5 Å². The molecule has 1 aromatic carbocycles. The average Bonchev–Trinajstić information content (AvgIpc) is 2.70. The first-order valence-electron chi connectivity index (χ1n) is 6.38. The molecule has 0 bridgehead atoms. The molecule has 1 saturated heterocycles. The van der Waals surface area contributed by atoms with Gasteiger partial charge in [-0.3, -0.25) is 4.79 Å². The van der Waals surface area contributed by atoms with E-state index < -0.39 is 0 Å². The Balaban J connectivity index is 2.27. The van der Waals surface area contributed by atoms with E-state index in [2.05, 4.69) is 32.9 Å². The lowest BCUT2D eigenvalue weighted by Crippen LogP contribution is -2.25. The number of hydrogen-bond donors (Lipinski definition) is 0. The topological polar surface area (TPSA) is 20.3 Å². The van der Waals surface area contributed by atoms with Gasteiger partial charge in [0.1, 0.15) is 0 Å². The third kappa shape index (κ3) is 2.69. The van der Waals surface area contributed by atoms with Gasteiger partial charge in [-0.2, -0.15) is 0 Å². The number of halogens is 1. The lowest BCUT2D eigenvalue weighted by molar-refractivity contribution is -0.117. The predicted octanol–water partition coefficient (Wildman–Crippen LogP) is 3.58. The molecule has 1 aromatic rings. The van der Waals surface area contributed by atoms with Crippen LogP contribution >= 0.6 is 11.6 Å². The zero-order chi connectivity index (χ0) is 13.3. The molecule has 2 rings (SSSR count). The molecule has 18 heavy (non-hydrogen) atoms. The minimum atomic E-state index is 0.102. The molecule has 0 spiro atoms. The highest BCUT2D eigenvalue weighted by Crippen LogP contribution is 2.30. The minimum Gasteiger partial charge on any atom is -0.312 e. The minimum absolute atomic E-state index is 0.102. The molecular formula is C15H20ClNO. The zero-order valence-corrected chi connectivity index (χ0v) is 12.0. The summed E-state index contributed by atoms with van der Waals surface area (Å²) < 4.78 is 0. The third-order valence-corrected chi connectivity index (χ3v) is 3.88. The van der Waals surface area contributed by atoms with Crippen LogP contribution in [0.5, 0.6) is 0 Å². The number of carbonyl (C=O) groups is 1. The molecule has 1 fully saturated rings. The van der Waals surface area contributed by atoms with Crippen molar-refractivity contribution in [1.29, 1.82) is 0 Å². The monoisotopic (exact) mass is 265 g/mol. The van der Waals surface area contributed by atoms with E-state index in [9.17, 15) is 4.79 Å². The molecule has 1 aliphatic heterocycles. The highest BCUT2D eigenvalue weighted by Gasteiger charge is 2.30.